The molecule has 0 aliphatic carbocycles. The Morgan fingerprint density at radius 3 is 2.04 bits per heavy atom. The minimum Gasteiger partial charge on any atom is -0.391 e. The van der Waals surface area contributed by atoms with Gasteiger partial charge < -0.3 is 39.7 Å². The van der Waals surface area contributed by atoms with Crippen LogP contribution in [-0.2, 0) is 14.2 Å². The number of halogens is 3. The third kappa shape index (κ3) is 3.58. The van der Waals surface area contributed by atoms with Gasteiger partial charge in [-0.05, 0) is 0 Å². The number of alkyl halides is 3. The molecule has 0 aromatic rings. The Morgan fingerprint density at radius 2 is 1.57 bits per heavy atom. The van der Waals surface area contributed by atoms with Crippen molar-refractivity contribution in [2.45, 2.75) is 54.1 Å². The van der Waals surface area contributed by atoms with Crippen LogP contribution in [0.25, 0.3) is 0 Å². The molecule has 0 amide bonds. The third-order valence-corrected chi connectivity index (χ3v) is 5.11. The molecule has 5 N–H and O–H groups in total. The van der Waals surface area contributed by atoms with E-state index in [9.17, 15) is 25.5 Å². The number of rotatable bonds is 5. The van der Waals surface area contributed by atoms with Crippen molar-refractivity contribution in [3.05, 3.63) is 0 Å². The molecule has 11 heteroatoms. The average molecular weight is 398 g/mol. The molecule has 2 aliphatic rings. The molecule has 2 fully saturated rings. The van der Waals surface area contributed by atoms with Crippen LogP contribution in [0.4, 0.5) is 0 Å². The van der Waals surface area contributed by atoms with Crippen LogP contribution in [0, 0.1) is 0 Å². The summed E-state index contributed by atoms with van der Waals surface area (Å²) in [5.41, 5.74) is 0. The summed E-state index contributed by atoms with van der Waals surface area (Å²) in [6.07, 6.45) is -9.38. The quantitative estimate of drug-likeness (QED) is 0.349. The number of hydrogen-bond donors (Lipinski definition) is 5. The first-order valence-corrected chi connectivity index (χ1v) is 8.42. The maximum Gasteiger partial charge on any atom is 0.224 e. The van der Waals surface area contributed by atoms with E-state index in [0.29, 0.717) is 0 Å². The lowest BCUT2D eigenvalue weighted by Gasteiger charge is -2.43. The molecule has 0 aromatic carbocycles. The van der Waals surface area contributed by atoms with Gasteiger partial charge in [0.25, 0.3) is 0 Å². The van der Waals surface area contributed by atoms with Crippen molar-refractivity contribution in [1.29, 1.82) is 0 Å². The van der Waals surface area contributed by atoms with E-state index in [0.717, 1.165) is 0 Å². The number of hydrogen-bond acceptors (Lipinski definition) is 8. The molecular formula is C12H19Cl3O8. The van der Waals surface area contributed by atoms with Crippen molar-refractivity contribution >= 4 is 34.8 Å². The summed E-state index contributed by atoms with van der Waals surface area (Å²) >= 11 is 17.2. The van der Waals surface area contributed by atoms with Gasteiger partial charge in [0, 0.05) is 0 Å². The van der Waals surface area contributed by atoms with Gasteiger partial charge in [-0.25, -0.2) is 0 Å². The predicted octanol–water partition coefficient (Wildman–Crippen LogP) is -1.66. The summed E-state index contributed by atoms with van der Waals surface area (Å²) in [5, 5.41) is 48.5. The minimum atomic E-state index is -2.07. The third-order valence-electron chi connectivity index (χ3n) is 3.97. The number of aliphatic hydroxyl groups excluding tert-OH is 5. The van der Waals surface area contributed by atoms with Crippen LogP contribution in [-0.4, -0.2) is 98.0 Å². The van der Waals surface area contributed by atoms with Gasteiger partial charge in [0.15, 0.2) is 6.29 Å². The summed E-state index contributed by atoms with van der Waals surface area (Å²) in [4.78, 5) is 0. The van der Waals surface area contributed by atoms with Crippen molar-refractivity contribution in [1.82, 2.24) is 0 Å². The summed E-state index contributed by atoms with van der Waals surface area (Å²) in [6, 6.07) is 0. The summed E-state index contributed by atoms with van der Waals surface area (Å²) in [7, 11) is 0. The molecule has 0 bridgehead atoms. The molecule has 2 rings (SSSR count). The van der Waals surface area contributed by atoms with Crippen molar-refractivity contribution in [2.75, 3.05) is 18.4 Å². The zero-order valence-corrected chi connectivity index (χ0v) is 14.1. The molecule has 2 heterocycles. The van der Waals surface area contributed by atoms with E-state index in [-0.39, 0.29) is 11.8 Å². The van der Waals surface area contributed by atoms with E-state index in [1.807, 2.05) is 0 Å². The Hall–Kier alpha value is 0.550. The molecule has 0 unspecified atom stereocenters. The minimum absolute atomic E-state index is 0.0831. The number of aliphatic hydroxyl groups is 5. The number of ether oxygens (including phenoxy) is 3. The molecule has 8 nitrogen and oxygen atoms in total. The second-order valence-electron chi connectivity index (χ2n) is 5.46. The standard InChI is InChI=1S/C12H19Cl3O8/c13-1-4-6(15)8(18)9(19)11(21-4)23-12(3-16)10(20)7(17)5(2-14)22-12/h4-11,16-20H,1-3H2/t4-,5-,6+,7-,8+,9-,10+,11-,12+/m1/s1. The summed E-state index contributed by atoms with van der Waals surface area (Å²) in [5.74, 6) is -2.31. The molecular weight excluding hydrogens is 378 g/mol. The van der Waals surface area contributed by atoms with Gasteiger partial charge in [-0.3, -0.25) is 0 Å². The Labute approximate surface area is 147 Å². The fraction of sp³-hybridized carbons (Fsp3) is 1.00. The lowest BCUT2D eigenvalue weighted by molar-refractivity contribution is -0.368. The van der Waals surface area contributed by atoms with Gasteiger partial charge in [0.05, 0.1) is 23.2 Å². The molecule has 2 saturated heterocycles. The van der Waals surface area contributed by atoms with Gasteiger partial charge in [0.2, 0.25) is 5.79 Å². The first-order valence-electron chi connectivity index (χ1n) is 6.91. The van der Waals surface area contributed by atoms with Gasteiger partial charge in [-0.2, -0.15) is 0 Å². The van der Waals surface area contributed by atoms with E-state index in [4.69, 9.17) is 49.0 Å². The first kappa shape index (κ1) is 19.9. The molecule has 23 heavy (non-hydrogen) atoms. The van der Waals surface area contributed by atoms with Crippen LogP contribution >= 0.6 is 34.8 Å². The summed E-state index contributed by atoms with van der Waals surface area (Å²) in [6.45, 7) is -0.850. The van der Waals surface area contributed by atoms with Crippen molar-refractivity contribution < 1.29 is 39.7 Å². The summed E-state index contributed by atoms with van der Waals surface area (Å²) < 4.78 is 16.0. The second kappa shape index (κ2) is 7.84. The highest BCUT2D eigenvalue weighted by Gasteiger charge is 2.58. The van der Waals surface area contributed by atoms with Crippen LogP contribution in [0.5, 0.6) is 0 Å². The van der Waals surface area contributed by atoms with Crippen molar-refractivity contribution in [2.24, 2.45) is 0 Å². The smallest absolute Gasteiger partial charge is 0.224 e. The fourth-order valence-corrected chi connectivity index (χ4v) is 3.46. The molecule has 0 radical (unpaired) electrons. The maximum absolute atomic E-state index is 10.1. The zero-order chi connectivity index (χ0) is 17.4. The van der Waals surface area contributed by atoms with E-state index in [2.05, 4.69) is 0 Å². The van der Waals surface area contributed by atoms with E-state index >= 15 is 0 Å². The van der Waals surface area contributed by atoms with E-state index in [1.165, 1.54) is 0 Å². The monoisotopic (exact) mass is 396 g/mol. The average Bonchev–Trinajstić information content (AvgIpc) is 2.80. The lowest BCUT2D eigenvalue weighted by Crippen LogP contribution is -2.61. The topological polar surface area (TPSA) is 129 Å². The van der Waals surface area contributed by atoms with Crippen molar-refractivity contribution in [3.63, 3.8) is 0 Å². The van der Waals surface area contributed by atoms with E-state index in [1.54, 1.807) is 0 Å². The SMILES string of the molecule is OC[C@@]1(O[C@H]2O[C@H](CCl)[C@H](Cl)[C@H](O)[C@H]2O)O[C@H](CCl)[C@@H](O)[C@@H]1O. The Bertz CT molecular complexity index is 403. The highest BCUT2D eigenvalue weighted by atomic mass is 35.5. The van der Waals surface area contributed by atoms with Crippen LogP contribution in [0.1, 0.15) is 0 Å². The normalized spacial score (nSPS) is 51.1. The van der Waals surface area contributed by atoms with Gasteiger partial charge >= 0.3 is 0 Å². The van der Waals surface area contributed by atoms with Crippen molar-refractivity contribution in [3.8, 4) is 0 Å². The van der Waals surface area contributed by atoms with E-state index < -0.39 is 60.7 Å². The molecule has 0 aromatic heterocycles. The van der Waals surface area contributed by atoms with Gasteiger partial charge in [-0.15, -0.1) is 34.8 Å². The maximum atomic E-state index is 10.1. The van der Waals surface area contributed by atoms with Crippen LogP contribution in [0.2, 0.25) is 0 Å². The zero-order valence-electron chi connectivity index (χ0n) is 11.8. The Morgan fingerprint density at radius 1 is 0.957 bits per heavy atom. The highest BCUT2D eigenvalue weighted by Crippen LogP contribution is 2.37. The molecule has 0 saturated carbocycles. The highest BCUT2D eigenvalue weighted by molar-refractivity contribution is 6.23. The Balaban J connectivity index is 2.18. The Kier molecular flexibility index (Phi) is 6.77. The molecule has 0 spiro atoms. The largest absolute Gasteiger partial charge is 0.391 e. The lowest BCUT2D eigenvalue weighted by atomic mass is 10.0. The predicted molar refractivity (Wildman–Crippen MR) is 79.5 cm³/mol. The first-order chi connectivity index (χ1) is 10.8. The second-order valence-corrected chi connectivity index (χ2v) is 6.58. The van der Waals surface area contributed by atoms with Crippen LogP contribution in [0.3, 0.4) is 0 Å². The molecule has 9 atom stereocenters. The van der Waals surface area contributed by atoms with Crippen LogP contribution < -0.4 is 0 Å². The molecule has 136 valence electrons. The van der Waals surface area contributed by atoms with Crippen LogP contribution in [0.15, 0.2) is 0 Å². The van der Waals surface area contributed by atoms with Gasteiger partial charge in [-0.1, -0.05) is 0 Å². The molecule has 2 aliphatic heterocycles. The fourth-order valence-electron chi connectivity index (χ4n) is 2.56. The van der Waals surface area contributed by atoms with Gasteiger partial charge in [0.1, 0.15) is 37.1 Å².